The maximum absolute atomic E-state index is 11.9. The molecule has 0 radical (unpaired) electrons. The summed E-state index contributed by atoms with van der Waals surface area (Å²) in [6.45, 7) is 2.24. The molecular weight excluding hydrogens is 318 g/mol. The largest absolute Gasteiger partial charge is 0.497 e. The number of rotatable bonds is 7. The molecule has 0 aromatic heterocycles. The normalized spacial score (nSPS) is 10.5. The van der Waals surface area contributed by atoms with E-state index in [1.807, 2.05) is 31.2 Å². The van der Waals surface area contributed by atoms with Gasteiger partial charge in [0.15, 0.2) is 0 Å². The maximum Gasteiger partial charge on any atom is 0.251 e. The fraction of sp³-hybridized carbons (Fsp3) is 0.211. The van der Waals surface area contributed by atoms with Gasteiger partial charge in [0.25, 0.3) is 5.91 Å². The number of hydrogen-bond acceptors (Lipinski definition) is 4. The molecule has 0 aliphatic rings. The van der Waals surface area contributed by atoms with E-state index in [4.69, 9.17) is 4.74 Å². The lowest BCUT2D eigenvalue weighted by molar-refractivity contribution is -0.120. The van der Waals surface area contributed by atoms with Crippen LogP contribution in [-0.4, -0.2) is 31.7 Å². The van der Waals surface area contributed by atoms with Crippen molar-refractivity contribution in [2.75, 3.05) is 13.7 Å². The van der Waals surface area contributed by atoms with Gasteiger partial charge in [-0.25, -0.2) is 5.43 Å². The lowest BCUT2D eigenvalue weighted by Crippen LogP contribution is -2.29. The fourth-order valence-corrected chi connectivity index (χ4v) is 2.02. The van der Waals surface area contributed by atoms with Gasteiger partial charge in [-0.3, -0.25) is 9.59 Å². The van der Waals surface area contributed by atoms with E-state index in [2.05, 4.69) is 15.8 Å². The van der Waals surface area contributed by atoms with Gasteiger partial charge in [0.2, 0.25) is 5.91 Å². The van der Waals surface area contributed by atoms with Gasteiger partial charge in [0.1, 0.15) is 5.75 Å². The van der Waals surface area contributed by atoms with Crippen molar-refractivity contribution >= 4 is 18.0 Å². The Morgan fingerprint density at radius 2 is 1.76 bits per heavy atom. The second kappa shape index (κ2) is 9.22. The van der Waals surface area contributed by atoms with Crippen LogP contribution in [0.2, 0.25) is 0 Å². The molecule has 0 heterocycles. The zero-order valence-electron chi connectivity index (χ0n) is 14.3. The van der Waals surface area contributed by atoms with E-state index < -0.39 is 0 Å². The predicted molar refractivity (Wildman–Crippen MR) is 96.9 cm³/mol. The Morgan fingerprint density at radius 3 is 2.40 bits per heavy atom. The summed E-state index contributed by atoms with van der Waals surface area (Å²) < 4.78 is 5.04. The molecule has 0 unspecified atom stereocenters. The number of nitrogens with one attached hydrogen (secondary N) is 2. The molecule has 6 nitrogen and oxygen atoms in total. The highest BCUT2D eigenvalue weighted by Gasteiger charge is 2.06. The van der Waals surface area contributed by atoms with Crippen LogP contribution in [-0.2, 0) is 4.79 Å². The van der Waals surface area contributed by atoms with Crippen LogP contribution in [0, 0.1) is 6.92 Å². The monoisotopic (exact) mass is 339 g/mol. The average Bonchev–Trinajstić information content (AvgIpc) is 2.63. The number of hydrazone groups is 1. The van der Waals surface area contributed by atoms with Crippen LogP contribution < -0.4 is 15.5 Å². The van der Waals surface area contributed by atoms with Crippen molar-refractivity contribution in [1.29, 1.82) is 0 Å². The van der Waals surface area contributed by atoms with Gasteiger partial charge in [-0.1, -0.05) is 29.8 Å². The minimum atomic E-state index is -0.265. The first-order valence-electron chi connectivity index (χ1n) is 7.89. The summed E-state index contributed by atoms with van der Waals surface area (Å²) in [5, 5.41) is 6.58. The van der Waals surface area contributed by atoms with Crippen molar-refractivity contribution in [2.45, 2.75) is 13.3 Å². The zero-order valence-corrected chi connectivity index (χ0v) is 14.3. The average molecular weight is 339 g/mol. The molecule has 0 aliphatic heterocycles. The first-order valence-corrected chi connectivity index (χ1v) is 7.89. The standard InChI is InChI=1S/C19H21N3O3/c1-14-3-5-15(6-4-14)13-21-22-18(23)11-12-20-19(24)16-7-9-17(25-2)10-8-16/h3-10,13H,11-12H2,1-2H3,(H,20,24)(H,22,23). The number of ether oxygens (including phenoxy) is 1. The number of nitrogens with zero attached hydrogens (tertiary/aromatic N) is 1. The van der Waals surface area contributed by atoms with Crippen LogP contribution in [0.1, 0.15) is 27.9 Å². The molecule has 0 saturated carbocycles. The molecule has 2 rings (SSSR count). The smallest absolute Gasteiger partial charge is 0.251 e. The molecule has 0 fully saturated rings. The summed E-state index contributed by atoms with van der Waals surface area (Å²) in [4.78, 5) is 23.6. The number of carbonyl (C=O) groups excluding carboxylic acids is 2. The number of hydrogen-bond donors (Lipinski definition) is 2. The predicted octanol–water partition coefficient (Wildman–Crippen LogP) is 2.27. The summed E-state index contributed by atoms with van der Waals surface area (Å²) in [6, 6.07) is 14.5. The summed E-state index contributed by atoms with van der Waals surface area (Å²) in [7, 11) is 1.56. The SMILES string of the molecule is COc1ccc(C(=O)NCCC(=O)NN=Cc2ccc(C)cc2)cc1. The van der Waals surface area contributed by atoms with E-state index in [1.165, 1.54) is 0 Å². The lowest BCUT2D eigenvalue weighted by Gasteiger charge is -2.05. The van der Waals surface area contributed by atoms with Gasteiger partial charge in [0.05, 0.1) is 13.3 Å². The summed E-state index contributed by atoms with van der Waals surface area (Å²) in [5.41, 5.74) is 5.01. The molecule has 0 atom stereocenters. The maximum atomic E-state index is 11.9. The number of methoxy groups -OCH3 is 1. The third-order valence-corrected chi connectivity index (χ3v) is 3.47. The number of amides is 2. The van der Waals surface area contributed by atoms with Crippen LogP contribution >= 0.6 is 0 Å². The fourth-order valence-electron chi connectivity index (χ4n) is 2.02. The first kappa shape index (κ1) is 18.2. The van der Waals surface area contributed by atoms with E-state index in [1.54, 1.807) is 37.6 Å². The summed E-state index contributed by atoms with van der Waals surface area (Å²) in [5.74, 6) is 0.180. The summed E-state index contributed by atoms with van der Waals surface area (Å²) >= 11 is 0. The molecule has 0 spiro atoms. The quantitative estimate of drug-likeness (QED) is 0.600. The Kier molecular flexibility index (Phi) is 6.71. The van der Waals surface area contributed by atoms with Crippen molar-refractivity contribution in [3.05, 3.63) is 65.2 Å². The van der Waals surface area contributed by atoms with Crippen molar-refractivity contribution in [1.82, 2.24) is 10.7 Å². The highest BCUT2D eigenvalue weighted by molar-refractivity contribution is 5.94. The van der Waals surface area contributed by atoms with E-state index in [-0.39, 0.29) is 24.8 Å². The molecule has 2 aromatic carbocycles. The topological polar surface area (TPSA) is 79.8 Å². The Labute approximate surface area is 146 Å². The molecule has 130 valence electrons. The molecule has 2 N–H and O–H groups in total. The number of carbonyl (C=O) groups is 2. The van der Waals surface area contributed by atoms with Gasteiger partial charge < -0.3 is 10.1 Å². The molecule has 0 bridgehead atoms. The molecule has 0 saturated heterocycles. The van der Waals surface area contributed by atoms with Gasteiger partial charge in [-0.05, 0) is 36.8 Å². The highest BCUT2D eigenvalue weighted by Crippen LogP contribution is 2.10. The van der Waals surface area contributed by atoms with Crippen molar-refractivity contribution in [2.24, 2.45) is 5.10 Å². The van der Waals surface area contributed by atoms with Crippen LogP contribution in [0.4, 0.5) is 0 Å². The second-order valence-corrected chi connectivity index (χ2v) is 5.44. The van der Waals surface area contributed by atoms with Crippen LogP contribution in [0.5, 0.6) is 5.75 Å². The molecule has 2 aromatic rings. The Bertz CT molecular complexity index is 738. The van der Waals surface area contributed by atoms with Crippen molar-refractivity contribution in [3.63, 3.8) is 0 Å². The second-order valence-electron chi connectivity index (χ2n) is 5.44. The van der Waals surface area contributed by atoms with Gasteiger partial charge >= 0.3 is 0 Å². The molecule has 25 heavy (non-hydrogen) atoms. The van der Waals surface area contributed by atoms with Gasteiger partial charge in [-0.2, -0.15) is 5.10 Å². The first-order chi connectivity index (χ1) is 12.1. The molecular formula is C19H21N3O3. The Balaban J connectivity index is 1.70. The van der Waals surface area contributed by atoms with E-state index >= 15 is 0 Å². The Hall–Kier alpha value is -3.15. The molecule has 0 aliphatic carbocycles. The number of benzene rings is 2. The van der Waals surface area contributed by atoms with Gasteiger partial charge in [0, 0.05) is 18.5 Å². The lowest BCUT2D eigenvalue weighted by atomic mass is 10.2. The summed E-state index contributed by atoms with van der Waals surface area (Å²) in [6.07, 6.45) is 1.72. The van der Waals surface area contributed by atoms with Crippen LogP contribution in [0.3, 0.4) is 0 Å². The number of aryl methyl sites for hydroxylation is 1. The minimum Gasteiger partial charge on any atom is -0.497 e. The Morgan fingerprint density at radius 1 is 1.08 bits per heavy atom. The van der Waals surface area contributed by atoms with Gasteiger partial charge in [-0.15, -0.1) is 0 Å². The molecule has 2 amide bonds. The molecule has 6 heteroatoms. The van der Waals surface area contributed by atoms with E-state index in [0.29, 0.717) is 11.3 Å². The minimum absolute atomic E-state index is 0.146. The van der Waals surface area contributed by atoms with E-state index in [0.717, 1.165) is 11.1 Å². The third-order valence-electron chi connectivity index (χ3n) is 3.47. The van der Waals surface area contributed by atoms with E-state index in [9.17, 15) is 9.59 Å². The van der Waals surface area contributed by atoms with Crippen LogP contribution in [0.25, 0.3) is 0 Å². The van der Waals surface area contributed by atoms with Crippen molar-refractivity contribution in [3.8, 4) is 5.75 Å². The van der Waals surface area contributed by atoms with Crippen molar-refractivity contribution < 1.29 is 14.3 Å². The van der Waals surface area contributed by atoms with Crippen LogP contribution in [0.15, 0.2) is 53.6 Å². The zero-order chi connectivity index (χ0) is 18.1. The third kappa shape index (κ3) is 6.10. The highest BCUT2D eigenvalue weighted by atomic mass is 16.5.